The summed E-state index contributed by atoms with van der Waals surface area (Å²) in [6, 6.07) is 6.76. The predicted molar refractivity (Wildman–Crippen MR) is 77.8 cm³/mol. The van der Waals surface area contributed by atoms with Gasteiger partial charge in [-0.05, 0) is 30.5 Å². The molecule has 0 saturated heterocycles. The quantitative estimate of drug-likeness (QED) is 0.883. The topological polar surface area (TPSA) is 30.5 Å². The summed E-state index contributed by atoms with van der Waals surface area (Å²) in [5.74, 6) is 2.45. The molecule has 3 nitrogen and oxygen atoms in total. The Bertz CT molecular complexity index is 406. The molecule has 1 aromatic rings. The van der Waals surface area contributed by atoms with Crippen molar-refractivity contribution in [2.45, 2.75) is 46.2 Å². The molecule has 0 aliphatic carbocycles. The van der Waals surface area contributed by atoms with Gasteiger partial charge in [-0.25, -0.2) is 0 Å². The Morgan fingerprint density at radius 2 is 1.89 bits per heavy atom. The van der Waals surface area contributed by atoms with E-state index in [1.54, 1.807) is 0 Å². The Morgan fingerprint density at radius 3 is 2.63 bits per heavy atom. The van der Waals surface area contributed by atoms with Gasteiger partial charge in [0.2, 0.25) is 0 Å². The number of hydrogen-bond donors (Lipinski definition) is 1. The van der Waals surface area contributed by atoms with E-state index in [4.69, 9.17) is 9.47 Å². The zero-order chi connectivity index (χ0) is 13.7. The number of fused-ring (bicyclic) bond motifs is 1. The molecular weight excluding hydrogens is 238 g/mol. The number of nitrogens with one attached hydrogen (secondary N) is 1. The SMILES string of the molecule is CCC(C)C(C)NCc1ccc2c(c1)OCCCO2. The highest BCUT2D eigenvalue weighted by Crippen LogP contribution is 2.30. The van der Waals surface area contributed by atoms with Gasteiger partial charge < -0.3 is 14.8 Å². The molecule has 1 aromatic carbocycles. The Labute approximate surface area is 116 Å². The summed E-state index contributed by atoms with van der Waals surface area (Å²) in [6.07, 6.45) is 2.16. The first-order valence-corrected chi connectivity index (χ1v) is 7.32. The molecule has 0 aromatic heterocycles. The van der Waals surface area contributed by atoms with E-state index in [0.717, 1.165) is 37.7 Å². The molecular formula is C16H25NO2. The van der Waals surface area contributed by atoms with E-state index in [0.29, 0.717) is 12.0 Å². The fourth-order valence-corrected chi connectivity index (χ4v) is 2.15. The van der Waals surface area contributed by atoms with E-state index in [9.17, 15) is 0 Å². The van der Waals surface area contributed by atoms with Crippen LogP contribution in [0.2, 0.25) is 0 Å². The van der Waals surface area contributed by atoms with Crippen LogP contribution in [0.4, 0.5) is 0 Å². The molecule has 106 valence electrons. The van der Waals surface area contributed by atoms with E-state index in [1.165, 1.54) is 12.0 Å². The number of benzene rings is 1. The Balaban J connectivity index is 1.96. The van der Waals surface area contributed by atoms with Crippen molar-refractivity contribution in [2.75, 3.05) is 13.2 Å². The first-order chi connectivity index (χ1) is 9.20. The fourth-order valence-electron chi connectivity index (χ4n) is 2.15. The molecule has 2 rings (SSSR count). The minimum atomic E-state index is 0.529. The molecule has 2 atom stereocenters. The molecule has 1 aliphatic heterocycles. The summed E-state index contributed by atoms with van der Waals surface area (Å²) < 4.78 is 11.4. The smallest absolute Gasteiger partial charge is 0.161 e. The minimum absolute atomic E-state index is 0.529. The first-order valence-electron chi connectivity index (χ1n) is 7.32. The zero-order valence-electron chi connectivity index (χ0n) is 12.2. The van der Waals surface area contributed by atoms with Crippen LogP contribution < -0.4 is 14.8 Å². The molecule has 0 saturated carbocycles. The van der Waals surface area contributed by atoms with Gasteiger partial charge >= 0.3 is 0 Å². The fraction of sp³-hybridized carbons (Fsp3) is 0.625. The van der Waals surface area contributed by atoms with Crippen LogP contribution in [-0.4, -0.2) is 19.3 Å². The van der Waals surface area contributed by atoms with Crippen molar-refractivity contribution in [1.82, 2.24) is 5.32 Å². The summed E-state index contributed by atoms with van der Waals surface area (Å²) in [4.78, 5) is 0. The third-order valence-corrected chi connectivity index (χ3v) is 3.94. The van der Waals surface area contributed by atoms with Gasteiger partial charge in [0.15, 0.2) is 11.5 Å². The van der Waals surface area contributed by atoms with Crippen LogP contribution in [0, 0.1) is 5.92 Å². The van der Waals surface area contributed by atoms with Gasteiger partial charge in [-0.15, -0.1) is 0 Å². The lowest BCUT2D eigenvalue weighted by Gasteiger charge is -2.20. The molecule has 0 fully saturated rings. The van der Waals surface area contributed by atoms with Crippen molar-refractivity contribution < 1.29 is 9.47 Å². The van der Waals surface area contributed by atoms with Crippen LogP contribution in [0.1, 0.15) is 39.2 Å². The molecule has 1 aliphatic rings. The van der Waals surface area contributed by atoms with E-state index < -0.39 is 0 Å². The van der Waals surface area contributed by atoms with E-state index in [-0.39, 0.29) is 0 Å². The first kappa shape index (κ1) is 14.2. The minimum Gasteiger partial charge on any atom is -0.490 e. The largest absolute Gasteiger partial charge is 0.490 e. The van der Waals surface area contributed by atoms with Crippen LogP contribution in [-0.2, 0) is 6.54 Å². The van der Waals surface area contributed by atoms with Crippen LogP contribution in [0.15, 0.2) is 18.2 Å². The molecule has 0 bridgehead atoms. The maximum atomic E-state index is 5.71. The van der Waals surface area contributed by atoms with Crippen molar-refractivity contribution in [1.29, 1.82) is 0 Å². The molecule has 0 radical (unpaired) electrons. The van der Waals surface area contributed by atoms with Crippen molar-refractivity contribution in [2.24, 2.45) is 5.92 Å². The lowest BCUT2D eigenvalue weighted by molar-refractivity contribution is 0.297. The summed E-state index contributed by atoms with van der Waals surface area (Å²) in [5, 5.41) is 3.58. The zero-order valence-corrected chi connectivity index (χ0v) is 12.2. The highest BCUT2D eigenvalue weighted by Gasteiger charge is 2.12. The second-order valence-electron chi connectivity index (χ2n) is 5.39. The molecule has 19 heavy (non-hydrogen) atoms. The summed E-state index contributed by atoms with van der Waals surface area (Å²) >= 11 is 0. The van der Waals surface area contributed by atoms with Crippen LogP contribution in [0.5, 0.6) is 11.5 Å². The van der Waals surface area contributed by atoms with Crippen molar-refractivity contribution in [3.05, 3.63) is 23.8 Å². The van der Waals surface area contributed by atoms with Crippen molar-refractivity contribution in [3.8, 4) is 11.5 Å². The molecule has 1 N–H and O–H groups in total. The van der Waals surface area contributed by atoms with Gasteiger partial charge in [-0.2, -0.15) is 0 Å². The van der Waals surface area contributed by atoms with Gasteiger partial charge in [0.25, 0.3) is 0 Å². The van der Waals surface area contributed by atoms with E-state index >= 15 is 0 Å². The third-order valence-electron chi connectivity index (χ3n) is 3.94. The Hall–Kier alpha value is -1.22. The number of rotatable bonds is 5. The normalized spacial score (nSPS) is 17.6. The average molecular weight is 263 g/mol. The lowest BCUT2D eigenvalue weighted by atomic mass is 10.0. The maximum absolute atomic E-state index is 5.71. The van der Waals surface area contributed by atoms with Gasteiger partial charge in [0.1, 0.15) is 0 Å². The molecule has 2 unspecified atom stereocenters. The second kappa shape index (κ2) is 6.80. The van der Waals surface area contributed by atoms with Gasteiger partial charge in [0, 0.05) is 19.0 Å². The van der Waals surface area contributed by atoms with Gasteiger partial charge in [0.05, 0.1) is 13.2 Å². The second-order valence-corrected chi connectivity index (χ2v) is 5.39. The number of hydrogen-bond acceptors (Lipinski definition) is 3. The van der Waals surface area contributed by atoms with E-state index in [2.05, 4.69) is 38.2 Å². The molecule has 0 amide bonds. The van der Waals surface area contributed by atoms with Gasteiger partial charge in [-0.3, -0.25) is 0 Å². The molecule has 0 spiro atoms. The monoisotopic (exact) mass is 263 g/mol. The highest BCUT2D eigenvalue weighted by atomic mass is 16.5. The summed E-state index contributed by atoms with van der Waals surface area (Å²) in [6.45, 7) is 9.13. The average Bonchev–Trinajstić information content (AvgIpc) is 2.68. The number of ether oxygens (including phenoxy) is 2. The lowest BCUT2D eigenvalue weighted by Crippen LogP contribution is -2.31. The maximum Gasteiger partial charge on any atom is 0.161 e. The van der Waals surface area contributed by atoms with Crippen LogP contribution >= 0.6 is 0 Å². The van der Waals surface area contributed by atoms with Gasteiger partial charge in [-0.1, -0.05) is 26.3 Å². The van der Waals surface area contributed by atoms with Crippen molar-refractivity contribution >= 4 is 0 Å². The third kappa shape index (κ3) is 3.87. The van der Waals surface area contributed by atoms with Crippen LogP contribution in [0.25, 0.3) is 0 Å². The predicted octanol–water partition coefficient (Wildman–Crippen LogP) is 3.37. The van der Waals surface area contributed by atoms with Crippen LogP contribution in [0.3, 0.4) is 0 Å². The van der Waals surface area contributed by atoms with E-state index in [1.807, 2.05) is 6.07 Å². The molecule has 3 heteroatoms. The standard InChI is InChI=1S/C16H25NO2/c1-4-12(2)13(3)17-11-14-6-7-15-16(10-14)19-9-5-8-18-15/h6-7,10,12-13,17H,4-5,8-9,11H2,1-3H3. The summed E-state index contributed by atoms with van der Waals surface area (Å²) in [5.41, 5.74) is 1.25. The van der Waals surface area contributed by atoms with Crippen molar-refractivity contribution in [3.63, 3.8) is 0 Å². The Kier molecular flexibility index (Phi) is 5.08. The highest BCUT2D eigenvalue weighted by molar-refractivity contribution is 5.43. The molecule has 1 heterocycles. The Morgan fingerprint density at radius 1 is 1.16 bits per heavy atom. The summed E-state index contributed by atoms with van der Waals surface area (Å²) in [7, 11) is 0.